The summed E-state index contributed by atoms with van der Waals surface area (Å²) in [5.74, 6) is 0. The van der Waals surface area contributed by atoms with Gasteiger partial charge in [0, 0.05) is 6.54 Å². The van der Waals surface area contributed by atoms with Gasteiger partial charge in [-0.2, -0.15) is 0 Å². The molecule has 0 amide bonds. The fraction of sp³-hybridized carbons (Fsp3) is 0.500. The van der Waals surface area contributed by atoms with Gasteiger partial charge < -0.3 is 15.2 Å². The smallest absolute Gasteiger partial charge is 0.211 e. The Bertz CT molecular complexity index is 284. The highest BCUT2D eigenvalue weighted by molar-refractivity contribution is 5.20. The van der Waals surface area contributed by atoms with E-state index in [1.54, 1.807) is 0 Å². The highest BCUT2D eigenvalue weighted by Gasteiger charge is 2.08. The minimum absolute atomic E-state index is 0.139. The first-order valence-corrected chi connectivity index (χ1v) is 5.35. The lowest BCUT2D eigenvalue weighted by Gasteiger charge is -2.15. The molecule has 0 spiro atoms. The first-order chi connectivity index (χ1) is 7.72. The van der Waals surface area contributed by atoms with E-state index in [4.69, 9.17) is 5.11 Å². The predicted molar refractivity (Wildman–Crippen MR) is 60.8 cm³/mol. The van der Waals surface area contributed by atoms with Crippen molar-refractivity contribution < 1.29 is 14.2 Å². The molecule has 90 valence electrons. The third kappa shape index (κ3) is 5.21. The van der Waals surface area contributed by atoms with Crippen molar-refractivity contribution in [3.63, 3.8) is 0 Å². The number of hydrogen-bond donors (Lipinski definition) is 2. The molecule has 16 heavy (non-hydrogen) atoms. The van der Waals surface area contributed by atoms with Gasteiger partial charge in [0.05, 0.1) is 19.8 Å². The van der Waals surface area contributed by atoms with E-state index in [1.165, 1.54) is 5.56 Å². The first kappa shape index (κ1) is 13.1. The number of nitrogens with one attached hydrogen (secondary N) is 1. The molecule has 2 N–H and O–H groups in total. The lowest BCUT2D eigenvalue weighted by atomic mass is 10.2. The van der Waals surface area contributed by atoms with E-state index >= 15 is 0 Å². The number of aliphatic hydroxyl groups excluding tert-OH is 1. The van der Waals surface area contributed by atoms with Crippen LogP contribution in [-0.2, 0) is 11.3 Å². The zero-order valence-corrected chi connectivity index (χ0v) is 9.45. The van der Waals surface area contributed by atoms with E-state index in [-0.39, 0.29) is 6.61 Å². The van der Waals surface area contributed by atoms with Gasteiger partial charge >= 0.3 is 0 Å². The molecule has 1 aliphatic rings. The number of morpholine rings is 1. The number of aliphatic hydroxyl groups is 1. The van der Waals surface area contributed by atoms with Crippen molar-refractivity contribution in [1.29, 1.82) is 0 Å². The Balaban J connectivity index is 0.000000165. The summed E-state index contributed by atoms with van der Waals surface area (Å²) >= 11 is 0. The quantitative estimate of drug-likeness (QED) is 0.761. The minimum Gasteiger partial charge on any atom is -0.392 e. The summed E-state index contributed by atoms with van der Waals surface area (Å²) in [5, 5.41) is 11.5. The average Bonchev–Trinajstić information content (AvgIpc) is 2.32. The van der Waals surface area contributed by atoms with Gasteiger partial charge in [-0.05, 0) is 12.5 Å². The largest absolute Gasteiger partial charge is 0.392 e. The molecule has 0 bridgehead atoms. The van der Waals surface area contributed by atoms with Gasteiger partial charge in [-0.25, -0.2) is 4.39 Å². The molecule has 1 heterocycles. The lowest BCUT2D eigenvalue weighted by Crippen LogP contribution is -2.35. The summed E-state index contributed by atoms with van der Waals surface area (Å²) in [6, 6.07) is 7.84. The Hall–Kier alpha value is -0.970. The second-order valence-corrected chi connectivity index (χ2v) is 3.63. The normalized spacial score (nSPS) is 19.8. The first-order valence-electron chi connectivity index (χ1n) is 5.35. The van der Waals surface area contributed by atoms with Crippen LogP contribution in [0, 0.1) is 6.92 Å². The number of rotatable bonds is 1. The molecule has 1 aliphatic heterocycles. The van der Waals surface area contributed by atoms with E-state index in [0.717, 1.165) is 12.1 Å². The Labute approximate surface area is 95.2 Å². The predicted octanol–water partition coefficient (Wildman–Crippen LogP) is 1.39. The van der Waals surface area contributed by atoms with Gasteiger partial charge in [-0.15, -0.1) is 0 Å². The van der Waals surface area contributed by atoms with Crippen molar-refractivity contribution in [2.24, 2.45) is 0 Å². The van der Waals surface area contributed by atoms with Crippen LogP contribution < -0.4 is 5.32 Å². The summed E-state index contributed by atoms with van der Waals surface area (Å²) < 4.78 is 16.4. The maximum absolute atomic E-state index is 11.9. The number of ether oxygens (including phenoxy) is 1. The molecule has 0 aromatic heterocycles. The van der Waals surface area contributed by atoms with Crippen LogP contribution in [0.5, 0.6) is 0 Å². The third-order valence-electron chi connectivity index (χ3n) is 2.19. The van der Waals surface area contributed by atoms with Crippen molar-refractivity contribution in [3.05, 3.63) is 35.4 Å². The molecule has 1 aromatic rings. The van der Waals surface area contributed by atoms with Gasteiger partial charge in [-0.1, -0.05) is 29.8 Å². The Morgan fingerprint density at radius 3 is 2.50 bits per heavy atom. The summed E-state index contributed by atoms with van der Waals surface area (Å²) in [7, 11) is 0. The van der Waals surface area contributed by atoms with E-state index < -0.39 is 6.36 Å². The summed E-state index contributed by atoms with van der Waals surface area (Å²) in [6.45, 7) is 3.79. The van der Waals surface area contributed by atoms with Crippen molar-refractivity contribution in [1.82, 2.24) is 5.32 Å². The number of halogens is 1. The summed E-state index contributed by atoms with van der Waals surface area (Å²) in [5.41, 5.74) is 2.20. The Morgan fingerprint density at radius 1 is 1.44 bits per heavy atom. The number of alkyl halides is 1. The molecule has 1 saturated heterocycles. The van der Waals surface area contributed by atoms with Crippen LogP contribution >= 0.6 is 0 Å². The summed E-state index contributed by atoms with van der Waals surface area (Å²) in [4.78, 5) is 0. The summed E-state index contributed by atoms with van der Waals surface area (Å²) in [6.07, 6.45) is -1.08. The Morgan fingerprint density at radius 2 is 2.12 bits per heavy atom. The molecule has 1 atom stereocenters. The maximum Gasteiger partial charge on any atom is 0.211 e. The van der Waals surface area contributed by atoms with Crippen molar-refractivity contribution in [2.75, 3.05) is 19.7 Å². The van der Waals surface area contributed by atoms with Crippen LogP contribution in [0.1, 0.15) is 11.1 Å². The molecule has 1 unspecified atom stereocenters. The van der Waals surface area contributed by atoms with Crippen LogP contribution in [0.2, 0.25) is 0 Å². The molecular formula is C12H18FNO2. The zero-order chi connectivity index (χ0) is 11.8. The van der Waals surface area contributed by atoms with Crippen molar-refractivity contribution in [3.8, 4) is 0 Å². The van der Waals surface area contributed by atoms with Crippen molar-refractivity contribution >= 4 is 0 Å². The van der Waals surface area contributed by atoms with Crippen LogP contribution in [0.25, 0.3) is 0 Å². The molecule has 1 aromatic carbocycles. The minimum atomic E-state index is -1.08. The number of benzene rings is 1. The molecule has 1 fully saturated rings. The molecule has 4 heteroatoms. The second-order valence-electron chi connectivity index (χ2n) is 3.63. The number of aryl methyl sites for hydroxylation is 1. The fourth-order valence-electron chi connectivity index (χ4n) is 1.23. The zero-order valence-electron chi connectivity index (χ0n) is 9.45. The van der Waals surface area contributed by atoms with Crippen LogP contribution in [-0.4, -0.2) is 31.2 Å². The van der Waals surface area contributed by atoms with Gasteiger partial charge in [0.15, 0.2) is 0 Å². The van der Waals surface area contributed by atoms with Gasteiger partial charge in [0.2, 0.25) is 6.36 Å². The monoisotopic (exact) mass is 227 g/mol. The van der Waals surface area contributed by atoms with Crippen LogP contribution in [0.15, 0.2) is 24.3 Å². The highest BCUT2D eigenvalue weighted by Crippen LogP contribution is 2.01. The molecule has 2 rings (SSSR count). The van der Waals surface area contributed by atoms with E-state index in [2.05, 4.69) is 10.1 Å². The third-order valence-corrected chi connectivity index (χ3v) is 2.19. The van der Waals surface area contributed by atoms with E-state index in [1.807, 2.05) is 31.2 Å². The fourth-order valence-corrected chi connectivity index (χ4v) is 1.23. The SMILES string of the molecule is Cc1ccc(CO)cc1.FC1CNCCO1. The van der Waals surface area contributed by atoms with Gasteiger partial charge in [0.25, 0.3) is 0 Å². The molecule has 0 saturated carbocycles. The molecular weight excluding hydrogens is 209 g/mol. The average molecular weight is 227 g/mol. The lowest BCUT2D eigenvalue weighted by molar-refractivity contribution is -0.0560. The number of hydrogen-bond acceptors (Lipinski definition) is 3. The van der Waals surface area contributed by atoms with Gasteiger partial charge in [0.1, 0.15) is 0 Å². The van der Waals surface area contributed by atoms with Gasteiger partial charge in [-0.3, -0.25) is 0 Å². The maximum atomic E-state index is 11.9. The van der Waals surface area contributed by atoms with Crippen LogP contribution in [0.3, 0.4) is 0 Å². The van der Waals surface area contributed by atoms with E-state index in [9.17, 15) is 4.39 Å². The van der Waals surface area contributed by atoms with Crippen LogP contribution in [0.4, 0.5) is 4.39 Å². The topological polar surface area (TPSA) is 41.5 Å². The van der Waals surface area contributed by atoms with Crippen molar-refractivity contribution in [2.45, 2.75) is 19.9 Å². The standard InChI is InChI=1S/C8H10O.C4H8FNO/c1-7-2-4-8(6-9)5-3-7;5-4-3-6-1-2-7-4/h2-5,9H,6H2,1H3;4,6H,1-3H2. The van der Waals surface area contributed by atoms with E-state index in [0.29, 0.717) is 13.2 Å². The highest BCUT2D eigenvalue weighted by atomic mass is 19.1. The molecule has 0 radical (unpaired) electrons. The molecule has 3 nitrogen and oxygen atoms in total. The second kappa shape index (κ2) is 7.33. The molecule has 0 aliphatic carbocycles. The Kier molecular flexibility index (Phi) is 6.00.